The Balaban J connectivity index is 3.81. The molecule has 0 aromatic carbocycles. The maximum Gasteiger partial charge on any atom is 0.152 e. The summed E-state index contributed by atoms with van der Waals surface area (Å²) >= 11 is 0. The maximum absolute atomic E-state index is 11.7. The van der Waals surface area contributed by atoms with E-state index >= 15 is 0 Å². The molecule has 0 radical (unpaired) electrons. The van der Waals surface area contributed by atoms with Gasteiger partial charge in [-0.3, -0.25) is 0 Å². The summed E-state index contributed by atoms with van der Waals surface area (Å²) in [6, 6.07) is 0.423. The van der Waals surface area contributed by atoms with Gasteiger partial charge in [-0.1, -0.05) is 13.8 Å². The van der Waals surface area contributed by atoms with Crippen LogP contribution in [0.1, 0.15) is 53.4 Å². The van der Waals surface area contributed by atoms with Gasteiger partial charge in [0.1, 0.15) is 0 Å². The Hall–Kier alpha value is -0.0900. The van der Waals surface area contributed by atoms with Gasteiger partial charge in [-0.2, -0.15) is 0 Å². The first-order valence-corrected chi connectivity index (χ1v) is 8.10. The number of nitrogens with one attached hydrogen (secondary N) is 1. The summed E-state index contributed by atoms with van der Waals surface area (Å²) < 4.78 is 23.5. The van der Waals surface area contributed by atoms with E-state index in [-0.39, 0.29) is 5.25 Å². The minimum atomic E-state index is -2.85. The predicted octanol–water partition coefficient (Wildman–Crippen LogP) is 2.37. The molecule has 16 heavy (non-hydrogen) atoms. The molecule has 0 rings (SSSR count). The molecule has 0 aliphatic carbocycles. The van der Waals surface area contributed by atoms with Crippen LogP contribution in [0, 0.1) is 0 Å². The lowest BCUT2D eigenvalue weighted by Gasteiger charge is -2.14. The van der Waals surface area contributed by atoms with E-state index in [1.807, 2.05) is 6.92 Å². The maximum atomic E-state index is 11.7. The average molecular weight is 249 g/mol. The van der Waals surface area contributed by atoms with Crippen LogP contribution in [0.5, 0.6) is 0 Å². The molecule has 4 heteroatoms. The molecular formula is C12H27NO2S. The van der Waals surface area contributed by atoms with Crippen LogP contribution in [0.25, 0.3) is 0 Å². The predicted molar refractivity (Wildman–Crippen MR) is 70.5 cm³/mol. The fourth-order valence-electron chi connectivity index (χ4n) is 1.54. The van der Waals surface area contributed by atoms with E-state index in [1.165, 1.54) is 0 Å². The molecule has 1 N–H and O–H groups in total. The van der Waals surface area contributed by atoms with Gasteiger partial charge in [0.2, 0.25) is 0 Å². The van der Waals surface area contributed by atoms with E-state index in [2.05, 4.69) is 19.2 Å². The Morgan fingerprint density at radius 2 is 1.81 bits per heavy atom. The highest BCUT2D eigenvalue weighted by molar-refractivity contribution is 7.91. The van der Waals surface area contributed by atoms with E-state index < -0.39 is 9.84 Å². The van der Waals surface area contributed by atoms with Crippen LogP contribution >= 0.6 is 0 Å². The lowest BCUT2D eigenvalue weighted by Crippen LogP contribution is -2.28. The molecule has 0 bridgehead atoms. The molecule has 98 valence electrons. The molecule has 3 nitrogen and oxygen atoms in total. The molecule has 0 heterocycles. The van der Waals surface area contributed by atoms with Crippen LogP contribution in [0.3, 0.4) is 0 Å². The van der Waals surface area contributed by atoms with E-state index in [0.29, 0.717) is 18.2 Å². The van der Waals surface area contributed by atoms with Gasteiger partial charge >= 0.3 is 0 Å². The third kappa shape index (κ3) is 6.48. The van der Waals surface area contributed by atoms with Crippen molar-refractivity contribution in [3.8, 4) is 0 Å². The average Bonchev–Trinajstić information content (AvgIpc) is 2.24. The van der Waals surface area contributed by atoms with Gasteiger partial charge in [-0.05, 0) is 46.1 Å². The first kappa shape index (κ1) is 15.9. The Morgan fingerprint density at radius 3 is 2.31 bits per heavy atom. The van der Waals surface area contributed by atoms with Crippen molar-refractivity contribution in [1.82, 2.24) is 5.32 Å². The van der Waals surface area contributed by atoms with Gasteiger partial charge in [-0.15, -0.1) is 0 Å². The van der Waals surface area contributed by atoms with Crippen LogP contribution < -0.4 is 5.32 Å². The third-order valence-corrected chi connectivity index (χ3v) is 5.41. The monoisotopic (exact) mass is 249 g/mol. The topological polar surface area (TPSA) is 46.2 Å². The summed E-state index contributed by atoms with van der Waals surface area (Å²) in [5.41, 5.74) is 0. The summed E-state index contributed by atoms with van der Waals surface area (Å²) in [6.07, 6.45) is 3.54. The van der Waals surface area contributed by atoms with Crippen molar-refractivity contribution in [1.29, 1.82) is 0 Å². The minimum absolute atomic E-state index is 0.189. The van der Waals surface area contributed by atoms with E-state index in [0.717, 1.165) is 25.8 Å². The molecule has 2 unspecified atom stereocenters. The van der Waals surface area contributed by atoms with Gasteiger partial charge in [0, 0.05) is 6.04 Å². The van der Waals surface area contributed by atoms with Gasteiger partial charge in [0.05, 0.1) is 11.0 Å². The van der Waals surface area contributed by atoms with E-state index in [4.69, 9.17) is 0 Å². The largest absolute Gasteiger partial charge is 0.314 e. The number of rotatable bonds is 9. The molecule has 0 spiro atoms. The Labute approximate surface area is 101 Å². The van der Waals surface area contributed by atoms with E-state index in [1.54, 1.807) is 6.92 Å². The molecule has 2 atom stereocenters. The highest BCUT2D eigenvalue weighted by Gasteiger charge is 2.18. The standard InChI is InChI=1S/C12H27NO2S/c1-5-9-13-11(3)8-7-10-16(14,15)12(4)6-2/h11-13H,5-10H2,1-4H3. The van der Waals surface area contributed by atoms with Gasteiger partial charge in [-0.25, -0.2) is 8.42 Å². The van der Waals surface area contributed by atoms with Crippen LogP contribution in [-0.2, 0) is 9.84 Å². The summed E-state index contributed by atoms with van der Waals surface area (Å²) in [7, 11) is -2.85. The SMILES string of the molecule is CCCNC(C)CCCS(=O)(=O)C(C)CC. The second-order valence-corrected chi connectivity index (χ2v) is 7.12. The smallest absolute Gasteiger partial charge is 0.152 e. The van der Waals surface area contributed by atoms with Crippen molar-refractivity contribution in [2.45, 2.75) is 64.7 Å². The summed E-state index contributed by atoms with van der Waals surface area (Å²) in [4.78, 5) is 0. The first-order chi connectivity index (χ1) is 7.44. The molecule has 0 saturated heterocycles. The van der Waals surface area contributed by atoms with Crippen molar-refractivity contribution >= 4 is 9.84 Å². The lowest BCUT2D eigenvalue weighted by atomic mass is 10.2. The van der Waals surface area contributed by atoms with Gasteiger partial charge in [0.25, 0.3) is 0 Å². The molecular weight excluding hydrogens is 222 g/mol. The molecule has 0 aromatic rings. The third-order valence-electron chi connectivity index (χ3n) is 3.00. The zero-order chi connectivity index (χ0) is 12.6. The lowest BCUT2D eigenvalue weighted by molar-refractivity contribution is 0.505. The van der Waals surface area contributed by atoms with Crippen molar-refractivity contribution in [2.75, 3.05) is 12.3 Å². The molecule has 0 aromatic heterocycles. The van der Waals surface area contributed by atoms with E-state index in [9.17, 15) is 8.42 Å². The Bertz CT molecular complexity index is 262. The second-order valence-electron chi connectivity index (χ2n) is 4.58. The van der Waals surface area contributed by atoms with Crippen LogP contribution in [0.15, 0.2) is 0 Å². The van der Waals surface area contributed by atoms with Gasteiger partial charge in [0.15, 0.2) is 9.84 Å². The summed E-state index contributed by atoms with van der Waals surface area (Å²) in [5.74, 6) is 0.333. The Morgan fingerprint density at radius 1 is 1.19 bits per heavy atom. The minimum Gasteiger partial charge on any atom is -0.314 e. The van der Waals surface area contributed by atoms with Crippen molar-refractivity contribution in [2.24, 2.45) is 0 Å². The van der Waals surface area contributed by atoms with Crippen LogP contribution in [0.4, 0.5) is 0 Å². The van der Waals surface area contributed by atoms with Crippen molar-refractivity contribution < 1.29 is 8.42 Å². The quantitative estimate of drug-likeness (QED) is 0.682. The second kappa shape index (κ2) is 8.07. The molecule has 0 saturated carbocycles. The van der Waals surface area contributed by atoms with Crippen LogP contribution in [-0.4, -0.2) is 32.0 Å². The fraction of sp³-hybridized carbons (Fsp3) is 1.00. The fourth-order valence-corrected chi connectivity index (χ4v) is 3.02. The zero-order valence-corrected chi connectivity index (χ0v) is 11.9. The highest BCUT2D eigenvalue weighted by Crippen LogP contribution is 2.09. The molecule has 0 aliphatic heterocycles. The number of sulfone groups is 1. The molecule has 0 aliphatic rings. The van der Waals surface area contributed by atoms with Crippen LogP contribution in [0.2, 0.25) is 0 Å². The van der Waals surface area contributed by atoms with Crippen molar-refractivity contribution in [3.63, 3.8) is 0 Å². The summed E-state index contributed by atoms with van der Waals surface area (Å²) in [6.45, 7) is 8.99. The molecule has 0 amide bonds. The zero-order valence-electron chi connectivity index (χ0n) is 11.1. The Kier molecular flexibility index (Phi) is 8.02. The number of hydrogen-bond acceptors (Lipinski definition) is 3. The van der Waals surface area contributed by atoms with Crippen molar-refractivity contribution in [3.05, 3.63) is 0 Å². The highest BCUT2D eigenvalue weighted by atomic mass is 32.2. The molecule has 0 fully saturated rings. The first-order valence-electron chi connectivity index (χ1n) is 6.39. The number of hydrogen-bond donors (Lipinski definition) is 1. The normalized spacial score (nSPS) is 16.0. The summed E-state index contributed by atoms with van der Waals surface area (Å²) in [5, 5.41) is 3.18. The van der Waals surface area contributed by atoms with Gasteiger partial charge < -0.3 is 5.32 Å².